The predicted molar refractivity (Wildman–Crippen MR) is 81.3 cm³/mol. The largest absolute Gasteiger partial charge is 0.329 e. The number of rotatable bonds is 4. The van der Waals surface area contributed by atoms with Crippen LogP contribution in [0.1, 0.15) is 30.0 Å². The summed E-state index contributed by atoms with van der Waals surface area (Å²) in [5.41, 5.74) is 8.82. The number of aryl methyl sites for hydroxylation is 1. The number of likely N-dealkylation sites (N-methyl/N-ethyl adjacent to an activating group) is 1. The highest BCUT2D eigenvalue weighted by molar-refractivity contribution is 5.29. The van der Waals surface area contributed by atoms with Crippen LogP contribution in [0.15, 0.2) is 24.3 Å². The first-order valence-electron chi connectivity index (χ1n) is 7.29. The number of nitrogens with two attached hydrogens (primary N) is 1. The van der Waals surface area contributed by atoms with E-state index in [9.17, 15) is 0 Å². The lowest BCUT2D eigenvalue weighted by Gasteiger charge is -2.40. The van der Waals surface area contributed by atoms with Gasteiger partial charge in [-0.2, -0.15) is 0 Å². The average molecular weight is 261 g/mol. The highest BCUT2D eigenvalue weighted by atomic mass is 15.2. The maximum Gasteiger partial charge on any atom is 0.0473 e. The number of piperidine rings is 1. The summed E-state index contributed by atoms with van der Waals surface area (Å²) < 4.78 is 0. The van der Waals surface area contributed by atoms with Crippen molar-refractivity contribution in [2.24, 2.45) is 5.73 Å². The lowest BCUT2D eigenvalue weighted by Crippen LogP contribution is -2.48. The molecule has 0 aromatic heterocycles. The molecule has 1 heterocycles. The Kier molecular flexibility index (Phi) is 4.97. The molecule has 2 unspecified atom stereocenters. The number of hydrogen-bond donors (Lipinski definition) is 1. The van der Waals surface area contributed by atoms with Crippen LogP contribution in [0.5, 0.6) is 0 Å². The molecule has 19 heavy (non-hydrogen) atoms. The molecule has 2 N–H and O–H groups in total. The smallest absolute Gasteiger partial charge is 0.0473 e. The maximum absolute atomic E-state index is 6.07. The molecule has 1 fully saturated rings. The molecule has 3 nitrogen and oxygen atoms in total. The van der Waals surface area contributed by atoms with Crippen LogP contribution in [0, 0.1) is 6.92 Å². The third-order valence-corrected chi connectivity index (χ3v) is 4.37. The van der Waals surface area contributed by atoms with E-state index in [0.717, 1.165) is 6.54 Å². The molecule has 106 valence electrons. The lowest BCUT2D eigenvalue weighted by atomic mass is 9.96. The van der Waals surface area contributed by atoms with Crippen molar-refractivity contribution in [2.45, 2.75) is 31.8 Å². The minimum Gasteiger partial charge on any atom is -0.329 e. The van der Waals surface area contributed by atoms with Crippen LogP contribution in [-0.4, -0.2) is 49.6 Å². The molecule has 0 amide bonds. The van der Waals surface area contributed by atoms with E-state index in [1.54, 1.807) is 0 Å². The summed E-state index contributed by atoms with van der Waals surface area (Å²) in [6, 6.07) is 9.66. The van der Waals surface area contributed by atoms with E-state index < -0.39 is 0 Å². The van der Waals surface area contributed by atoms with Crippen molar-refractivity contribution in [1.29, 1.82) is 0 Å². The van der Waals surface area contributed by atoms with Crippen LogP contribution < -0.4 is 5.73 Å². The predicted octanol–water partition coefficient (Wildman–Crippen LogP) is 2.02. The van der Waals surface area contributed by atoms with E-state index in [1.165, 1.54) is 30.5 Å². The molecular formula is C16H27N3. The zero-order valence-electron chi connectivity index (χ0n) is 12.5. The topological polar surface area (TPSA) is 32.5 Å². The van der Waals surface area contributed by atoms with Gasteiger partial charge in [-0.1, -0.05) is 24.3 Å². The molecule has 2 rings (SSSR count). The SMILES string of the molecule is Cc1ccccc1C(CN)N1CCCC(N(C)C)C1. The fourth-order valence-electron chi connectivity index (χ4n) is 3.12. The molecule has 1 saturated heterocycles. The Balaban J connectivity index is 2.16. The normalized spacial score (nSPS) is 22.7. The number of nitrogens with zero attached hydrogens (tertiary/aromatic N) is 2. The Morgan fingerprint density at radius 3 is 2.74 bits per heavy atom. The van der Waals surface area contributed by atoms with Gasteiger partial charge in [0, 0.05) is 25.2 Å². The van der Waals surface area contributed by atoms with Crippen LogP contribution in [0.3, 0.4) is 0 Å². The molecule has 1 aliphatic heterocycles. The van der Waals surface area contributed by atoms with Crippen LogP contribution in [0.25, 0.3) is 0 Å². The third kappa shape index (κ3) is 3.35. The Labute approximate surface area is 117 Å². The first-order valence-corrected chi connectivity index (χ1v) is 7.29. The summed E-state index contributed by atoms with van der Waals surface area (Å²) in [6.45, 7) is 5.18. The van der Waals surface area contributed by atoms with Gasteiger partial charge in [-0.05, 0) is 51.5 Å². The van der Waals surface area contributed by atoms with Crippen LogP contribution >= 0.6 is 0 Å². The molecule has 0 spiro atoms. The van der Waals surface area contributed by atoms with E-state index >= 15 is 0 Å². The molecule has 2 atom stereocenters. The lowest BCUT2D eigenvalue weighted by molar-refractivity contribution is 0.0982. The number of hydrogen-bond acceptors (Lipinski definition) is 3. The van der Waals surface area contributed by atoms with Gasteiger partial charge in [0.2, 0.25) is 0 Å². The quantitative estimate of drug-likeness (QED) is 0.900. The highest BCUT2D eigenvalue weighted by Crippen LogP contribution is 2.27. The Morgan fingerprint density at radius 2 is 2.11 bits per heavy atom. The average Bonchev–Trinajstić information content (AvgIpc) is 2.42. The van der Waals surface area contributed by atoms with E-state index in [4.69, 9.17) is 5.73 Å². The van der Waals surface area contributed by atoms with Crippen molar-refractivity contribution < 1.29 is 0 Å². The first-order chi connectivity index (χ1) is 9.13. The van der Waals surface area contributed by atoms with Crippen molar-refractivity contribution in [3.8, 4) is 0 Å². The van der Waals surface area contributed by atoms with Gasteiger partial charge in [-0.15, -0.1) is 0 Å². The molecule has 0 aliphatic carbocycles. The number of likely N-dealkylation sites (tertiary alicyclic amines) is 1. The van der Waals surface area contributed by atoms with Crippen molar-refractivity contribution in [2.75, 3.05) is 33.7 Å². The standard InChI is InChI=1S/C16H27N3/c1-13-7-4-5-9-15(13)16(11-17)19-10-6-8-14(12-19)18(2)3/h4-5,7,9,14,16H,6,8,10-12,17H2,1-3H3. The summed E-state index contributed by atoms with van der Waals surface area (Å²) in [7, 11) is 4.36. The minimum atomic E-state index is 0.365. The second-order valence-electron chi connectivity index (χ2n) is 5.86. The van der Waals surface area contributed by atoms with Crippen LogP contribution in [0.4, 0.5) is 0 Å². The van der Waals surface area contributed by atoms with Crippen molar-refractivity contribution in [1.82, 2.24) is 9.80 Å². The third-order valence-electron chi connectivity index (χ3n) is 4.37. The Bertz CT molecular complexity index is 403. The molecule has 0 bridgehead atoms. The van der Waals surface area contributed by atoms with Crippen molar-refractivity contribution in [3.63, 3.8) is 0 Å². The van der Waals surface area contributed by atoms with Gasteiger partial charge in [-0.25, -0.2) is 0 Å². The molecule has 3 heteroatoms. The summed E-state index contributed by atoms with van der Waals surface area (Å²) >= 11 is 0. The van der Waals surface area contributed by atoms with Gasteiger partial charge in [0.05, 0.1) is 0 Å². The molecule has 1 aromatic rings. The summed E-state index contributed by atoms with van der Waals surface area (Å²) in [6.07, 6.45) is 2.57. The Hall–Kier alpha value is -0.900. The fourth-order valence-corrected chi connectivity index (χ4v) is 3.12. The van der Waals surface area contributed by atoms with E-state index in [2.05, 4.69) is 55.1 Å². The highest BCUT2D eigenvalue weighted by Gasteiger charge is 2.27. The molecule has 1 aromatic carbocycles. The maximum atomic E-state index is 6.07. The molecule has 0 radical (unpaired) electrons. The zero-order valence-corrected chi connectivity index (χ0v) is 12.5. The summed E-state index contributed by atoms with van der Waals surface area (Å²) in [5, 5.41) is 0. The second kappa shape index (κ2) is 6.51. The minimum absolute atomic E-state index is 0.365. The van der Waals surface area contributed by atoms with Crippen molar-refractivity contribution >= 4 is 0 Å². The van der Waals surface area contributed by atoms with Gasteiger partial charge in [0.15, 0.2) is 0 Å². The zero-order chi connectivity index (χ0) is 13.8. The van der Waals surface area contributed by atoms with Gasteiger partial charge >= 0.3 is 0 Å². The van der Waals surface area contributed by atoms with Crippen LogP contribution in [-0.2, 0) is 0 Å². The van der Waals surface area contributed by atoms with E-state index in [0.29, 0.717) is 18.6 Å². The summed E-state index contributed by atoms with van der Waals surface area (Å²) in [5.74, 6) is 0. The van der Waals surface area contributed by atoms with Gasteiger partial charge in [-0.3, -0.25) is 4.90 Å². The van der Waals surface area contributed by atoms with Crippen molar-refractivity contribution in [3.05, 3.63) is 35.4 Å². The fraction of sp³-hybridized carbons (Fsp3) is 0.625. The van der Waals surface area contributed by atoms with Gasteiger partial charge in [0.1, 0.15) is 0 Å². The first kappa shape index (κ1) is 14.5. The molecule has 1 aliphatic rings. The molecule has 0 saturated carbocycles. The number of benzene rings is 1. The Morgan fingerprint density at radius 1 is 1.37 bits per heavy atom. The van der Waals surface area contributed by atoms with E-state index in [-0.39, 0.29) is 0 Å². The van der Waals surface area contributed by atoms with Gasteiger partial charge < -0.3 is 10.6 Å². The van der Waals surface area contributed by atoms with Gasteiger partial charge in [0.25, 0.3) is 0 Å². The monoisotopic (exact) mass is 261 g/mol. The van der Waals surface area contributed by atoms with E-state index in [1.807, 2.05) is 0 Å². The van der Waals surface area contributed by atoms with Crippen LogP contribution in [0.2, 0.25) is 0 Å². The second-order valence-corrected chi connectivity index (χ2v) is 5.86. The molecular weight excluding hydrogens is 234 g/mol. The summed E-state index contributed by atoms with van der Waals surface area (Å²) in [4.78, 5) is 4.91.